The zero-order valence-corrected chi connectivity index (χ0v) is 7.98. The summed E-state index contributed by atoms with van der Waals surface area (Å²) in [5.74, 6) is -1.53. The predicted octanol–water partition coefficient (Wildman–Crippen LogP) is 0.0838. The molecule has 2 atom stereocenters. The first-order chi connectivity index (χ1) is 6.37. The molecule has 0 bridgehead atoms. The van der Waals surface area contributed by atoms with Crippen molar-refractivity contribution in [2.24, 2.45) is 0 Å². The van der Waals surface area contributed by atoms with Crippen molar-refractivity contribution in [3.05, 3.63) is 12.0 Å². The first kappa shape index (κ1) is 10.7. The second kappa shape index (κ2) is 3.42. The van der Waals surface area contributed by atoms with Crippen molar-refractivity contribution in [2.75, 3.05) is 0 Å². The summed E-state index contributed by atoms with van der Waals surface area (Å²) >= 11 is 0. The van der Waals surface area contributed by atoms with Crippen LogP contribution in [0.3, 0.4) is 0 Å². The molecular weight excluding hydrogens is 188 g/mol. The summed E-state index contributed by atoms with van der Waals surface area (Å²) in [5, 5.41) is 18.3. The molecule has 2 N–H and O–H groups in total. The maximum Gasteiger partial charge on any atom is 0.243 e. The van der Waals surface area contributed by atoms with Crippen LogP contribution in [0.1, 0.15) is 20.3 Å². The largest absolute Gasteiger partial charge is 0.502 e. The van der Waals surface area contributed by atoms with Gasteiger partial charge in [0.15, 0.2) is 17.1 Å². The van der Waals surface area contributed by atoms with Gasteiger partial charge in [0.1, 0.15) is 12.4 Å². The van der Waals surface area contributed by atoms with E-state index in [1.807, 2.05) is 0 Å². The number of aliphatic hydroxyl groups is 2. The maximum absolute atomic E-state index is 11.3. The molecule has 0 saturated carbocycles. The lowest BCUT2D eigenvalue weighted by Crippen LogP contribution is -2.39. The zero-order chi connectivity index (χ0) is 10.9. The molecular formula is C9H12O5. The van der Waals surface area contributed by atoms with E-state index in [4.69, 9.17) is 9.84 Å². The van der Waals surface area contributed by atoms with Crippen molar-refractivity contribution >= 4 is 11.6 Å². The lowest BCUT2D eigenvalue weighted by atomic mass is 9.92. The molecule has 0 aliphatic carbocycles. The van der Waals surface area contributed by atoms with E-state index in [0.29, 0.717) is 0 Å². The number of Topliss-reactive ketones (excluding diaryl/α,β-unsaturated/α-hetero) is 2. The van der Waals surface area contributed by atoms with Gasteiger partial charge in [-0.25, -0.2) is 0 Å². The number of hydrogen-bond acceptors (Lipinski definition) is 5. The molecule has 0 aromatic carbocycles. The maximum atomic E-state index is 11.3. The van der Waals surface area contributed by atoms with Gasteiger partial charge in [-0.1, -0.05) is 0 Å². The van der Waals surface area contributed by atoms with Gasteiger partial charge in [-0.15, -0.1) is 0 Å². The van der Waals surface area contributed by atoms with E-state index in [1.165, 1.54) is 13.8 Å². The van der Waals surface area contributed by atoms with Crippen molar-refractivity contribution < 1.29 is 24.5 Å². The first-order valence-electron chi connectivity index (χ1n) is 4.17. The molecule has 0 aromatic heterocycles. The second-order valence-corrected chi connectivity index (χ2v) is 3.51. The average molecular weight is 200 g/mol. The van der Waals surface area contributed by atoms with E-state index >= 15 is 0 Å². The number of hydrogen-bond donors (Lipinski definition) is 2. The Labute approximate surface area is 81.0 Å². The quantitative estimate of drug-likeness (QED) is 0.674. The van der Waals surface area contributed by atoms with Crippen LogP contribution in [-0.4, -0.2) is 33.5 Å². The number of carbonyl (C=O) groups is 2. The number of carbonyl (C=O) groups excluding carboxylic acids is 2. The Hall–Kier alpha value is -1.36. The topological polar surface area (TPSA) is 83.8 Å². The minimum absolute atomic E-state index is 0.151. The van der Waals surface area contributed by atoms with Crippen molar-refractivity contribution in [3.8, 4) is 0 Å². The summed E-state index contributed by atoms with van der Waals surface area (Å²) in [6.45, 7) is 2.64. The summed E-state index contributed by atoms with van der Waals surface area (Å²) in [5.41, 5.74) is -1.32. The third-order valence-corrected chi connectivity index (χ3v) is 2.20. The highest BCUT2D eigenvalue weighted by Gasteiger charge is 2.44. The first-order valence-corrected chi connectivity index (χ1v) is 4.17. The molecule has 5 heteroatoms. The SMILES string of the molecule is CC(=O)C(O)CC1(C)OC=C(O)C1=O. The summed E-state index contributed by atoms with van der Waals surface area (Å²) in [4.78, 5) is 22.1. The molecule has 1 heterocycles. The van der Waals surface area contributed by atoms with Crippen LogP contribution in [0, 0.1) is 0 Å². The van der Waals surface area contributed by atoms with Gasteiger partial charge in [-0.05, 0) is 13.8 Å². The normalized spacial score (nSPS) is 28.2. The Balaban J connectivity index is 2.71. The highest BCUT2D eigenvalue weighted by atomic mass is 16.5. The monoisotopic (exact) mass is 200 g/mol. The Morgan fingerprint density at radius 1 is 1.71 bits per heavy atom. The van der Waals surface area contributed by atoms with Crippen LogP contribution in [0.15, 0.2) is 12.0 Å². The van der Waals surface area contributed by atoms with Gasteiger partial charge < -0.3 is 14.9 Å². The van der Waals surface area contributed by atoms with Gasteiger partial charge in [0, 0.05) is 6.42 Å². The third-order valence-electron chi connectivity index (χ3n) is 2.20. The van der Waals surface area contributed by atoms with E-state index < -0.39 is 29.0 Å². The van der Waals surface area contributed by atoms with Crippen molar-refractivity contribution in [1.29, 1.82) is 0 Å². The number of ketones is 2. The van der Waals surface area contributed by atoms with Crippen LogP contribution in [0.5, 0.6) is 0 Å². The summed E-state index contributed by atoms with van der Waals surface area (Å²) in [6, 6.07) is 0. The molecule has 2 unspecified atom stereocenters. The predicted molar refractivity (Wildman–Crippen MR) is 46.5 cm³/mol. The molecule has 1 rings (SSSR count). The van der Waals surface area contributed by atoms with E-state index in [0.717, 1.165) is 6.26 Å². The Bertz CT molecular complexity index is 306. The van der Waals surface area contributed by atoms with Gasteiger partial charge in [0.2, 0.25) is 5.78 Å². The summed E-state index contributed by atoms with van der Waals surface area (Å²) in [6.07, 6.45) is -0.472. The Kier molecular flexibility index (Phi) is 2.62. The van der Waals surface area contributed by atoms with Crippen LogP contribution in [0.25, 0.3) is 0 Å². The standard InChI is InChI=1S/C9H12O5/c1-5(10)6(11)3-9(2)8(13)7(12)4-14-9/h4,6,11-12H,3H2,1-2H3. The highest BCUT2D eigenvalue weighted by Crippen LogP contribution is 2.28. The molecule has 0 amide bonds. The lowest BCUT2D eigenvalue weighted by Gasteiger charge is -2.23. The van der Waals surface area contributed by atoms with Gasteiger partial charge >= 0.3 is 0 Å². The fourth-order valence-electron chi connectivity index (χ4n) is 1.22. The van der Waals surface area contributed by atoms with Crippen LogP contribution < -0.4 is 0 Å². The molecule has 0 fully saturated rings. The van der Waals surface area contributed by atoms with E-state index in [2.05, 4.69) is 0 Å². The van der Waals surface area contributed by atoms with Gasteiger partial charge in [-0.2, -0.15) is 0 Å². The van der Waals surface area contributed by atoms with Crippen molar-refractivity contribution in [2.45, 2.75) is 32.0 Å². The fraction of sp³-hybridized carbons (Fsp3) is 0.556. The molecule has 0 aromatic rings. The zero-order valence-electron chi connectivity index (χ0n) is 7.98. The van der Waals surface area contributed by atoms with Gasteiger partial charge in [0.25, 0.3) is 0 Å². The van der Waals surface area contributed by atoms with Crippen LogP contribution in [0.4, 0.5) is 0 Å². The summed E-state index contributed by atoms with van der Waals surface area (Å²) in [7, 11) is 0. The Morgan fingerprint density at radius 2 is 2.29 bits per heavy atom. The second-order valence-electron chi connectivity index (χ2n) is 3.51. The third kappa shape index (κ3) is 1.77. The number of ether oxygens (including phenoxy) is 1. The van der Waals surface area contributed by atoms with Crippen molar-refractivity contribution in [1.82, 2.24) is 0 Å². The lowest BCUT2D eigenvalue weighted by molar-refractivity contribution is -0.136. The van der Waals surface area contributed by atoms with E-state index in [1.54, 1.807) is 0 Å². The molecule has 5 nitrogen and oxygen atoms in total. The van der Waals surface area contributed by atoms with E-state index in [9.17, 15) is 14.7 Å². The number of aliphatic hydroxyl groups excluding tert-OH is 2. The number of rotatable bonds is 3. The fourth-order valence-corrected chi connectivity index (χ4v) is 1.22. The molecule has 1 aliphatic heterocycles. The van der Waals surface area contributed by atoms with Gasteiger partial charge in [0.05, 0.1) is 0 Å². The molecule has 78 valence electrons. The average Bonchev–Trinajstić information content (AvgIpc) is 2.34. The molecule has 14 heavy (non-hydrogen) atoms. The van der Waals surface area contributed by atoms with Crippen LogP contribution >= 0.6 is 0 Å². The van der Waals surface area contributed by atoms with Crippen LogP contribution in [0.2, 0.25) is 0 Å². The van der Waals surface area contributed by atoms with E-state index in [-0.39, 0.29) is 6.42 Å². The molecule has 0 radical (unpaired) electrons. The smallest absolute Gasteiger partial charge is 0.243 e. The Morgan fingerprint density at radius 3 is 2.64 bits per heavy atom. The molecule has 0 saturated heterocycles. The highest BCUT2D eigenvalue weighted by molar-refractivity contribution is 6.01. The molecule has 1 aliphatic rings. The minimum Gasteiger partial charge on any atom is -0.502 e. The summed E-state index contributed by atoms with van der Waals surface area (Å²) < 4.78 is 4.91. The van der Waals surface area contributed by atoms with Crippen molar-refractivity contribution in [3.63, 3.8) is 0 Å². The minimum atomic E-state index is -1.32. The van der Waals surface area contributed by atoms with Crippen LogP contribution in [-0.2, 0) is 14.3 Å². The van der Waals surface area contributed by atoms with Gasteiger partial charge in [-0.3, -0.25) is 9.59 Å². The molecule has 0 spiro atoms.